The third-order valence-electron chi connectivity index (χ3n) is 4.24. The maximum Gasteiger partial charge on any atom is 0.328 e. The van der Waals surface area contributed by atoms with E-state index >= 15 is 0 Å². The van der Waals surface area contributed by atoms with Crippen LogP contribution in [-0.2, 0) is 6.54 Å². The van der Waals surface area contributed by atoms with Gasteiger partial charge in [0.15, 0.2) is 5.13 Å². The molecule has 0 atom stereocenters. The van der Waals surface area contributed by atoms with E-state index in [-0.39, 0.29) is 6.03 Å². The topological polar surface area (TPSA) is 63.7 Å². The largest absolute Gasteiger partial charge is 0.497 e. The van der Waals surface area contributed by atoms with E-state index in [1.165, 1.54) is 11.3 Å². The van der Waals surface area contributed by atoms with Crippen molar-refractivity contribution >= 4 is 28.2 Å². The van der Waals surface area contributed by atoms with Gasteiger partial charge < -0.3 is 14.8 Å². The molecule has 0 radical (unpaired) electrons. The molecule has 132 valence electrons. The highest BCUT2D eigenvalue weighted by Crippen LogP contribution is 2.37. The molecule has 2 heterocycles. The number of carbonyl (C=O) groups excluding carboxylic acids is 1. The molecule has 6 nitrogen and oxygen atoms in total. The maximum atomic E-state index is 12.5. The summed E-state index contributed by atoms with van der Waals surface area (Å²) in [6.07, 6.45) is 0. The Bertz CT molecular complexity index is 970. The third kappa shape index (κ3) is 2.86. The van der Waals surface area contributed by atoms with Crippen molar-refractivity contribution in [3.63, 3.8) is 0 Å². The smallest absolute Gasteiger partial charge is 0.328 e. The average molecular weight is 367 g/mol. The first kappa shape index (κ1) is 16.4. The van der Waals surface area contributed by atoms with Gasteiger partial charge in [-0.25, -0.2) is 9.78 Å². The van der Waals surface area contributed by atoms with Gasteiger partial charge in [0, 0.05) is 22.7 Å². The molecule has 0 fully saturated rings. The molecule has 4 rings (SSSR count). The fraction of sp³-hybridized carbons (Fsp3) is 0.158. The molecule has 0 spiro atoms. The van der Waals surface area contributed by atoms with Crippen molar-refractivity contribution in [1.29, 1.82) is 0 Å². The number of amides is 2. The van der Waals surface area contributed by atoms with Crippen LogP contribution in [0.4, 0.5) is 15.6 Å². The summed E-state index contributed by atoms with van der Waals surface area (Å²) < 4.78 is 10.7. The summed E-state index contributed by atoms with van der Waals surface area (Å²) >= 11 is 1.43. The minimum absolute atomic E-state index is 0.175. The van der Waals surface area contributed by atoms with Crippen LogP contribution in [0.2, 0.25) is 0 Å². The Morgan fingerprint density at radius 2 is 2.00 bits per heavy atom. The second kappa shape index (κ2) is 6.68. The van der Waals surface area contributed by atoms with Crippen molar-refractivity contribution < 1.29 is 14.3 Å². The van der Waals surface area contributed by atoms with Gasteiger partial charge in [-0.05, 0) is 23.8 Å². The van der Waals surface area contributed by atoms with Crippen LogP contribution in [0.3, 0.4) is 0 Å². The normalized spacial score (nSPS) is 13.2. The Hall–Kier alpha value is -3.06. The van der Waals surface area contributed by atoms with Crippen LogP contribution in [-0.4, -0.2) is 25.2 Å². The lowest BCUT2D eigenvalue weighted by Crippen LogP contribution is -2.38. The zero-order valence-corrected chi connectivity index (χ0v) is 15.2. The minimum atomic E-state index is -0.175. The number of ether oxygens (including phenoxy) is 2. The number of aromatic nitrogens is 1. The van der Waals surface area contributed by atoms with Crippen LogP contribution in [0.5, 0.6) is 11.5 Å². The van der Waals surface area contributed by atoms with E-state index in [4.69, 9.17) is 9.47 Å². The molecule has 1 N–H and O–H groups in total. The molecule has 2 amide bonds. The molecule has 0 unspecified atom stereocenters. The quantitative estimate of drug-likeness (QED) is 0.743. The number of fused-ring (bicyclic) bond motifs is 1. The number of hydrogen-bond donors (Lipinski definition) is 1. The van der Waals surface area contributed by atoms with Crippen LogP contribution in [0, 0.1) is 0 Å². The van der Waals surface area contributed by atoms with Gasteiger partial charge in [0.05, 0.1) is 26.5 Å². The number of rotatable bonds is 4. The number of nitrogens with one attached hydrogen (secondary N) is 1. The Kier molecular flexibility index (Phi) is 4.22. The van der Waals surface area contributed by atoms with Gasteiger partial charge in [0.2, 0.25) is 0 Å². The van der Waals surface area contributed by atoms with Gasteiger partial charge in [-0.1, -0.05) is 18.2 Å². The molecule has 3 aromatic rings. The first-order chi connectivity index (χ1) is 12.7. The van der Waals surface area contributed by atoms with Gasteiger partial charge >= 0.3 is 6.03 Å². The first-order valence-electron chi connectivity index (χ1n) is 8.04. The zero-order chi connectivity index (χ0) is 18.1. The van der Waals surface area contributed by atoms with E-state index < -0.39 is 0 Å². The summed E-state index contributed by atoms with van der Waals surface area (Å²) in [5.41, 5.74) is 3.53. The summed E-state index contributed by atoms with van der Waals surface area (Å²) in [5, 5.41) is 5.48. The number of urea groups is 1. The molecule has 1 aromatic heterocycles. The second-order valence-corrected chi connectivity index (χ2v) is 6.59. The van der Waals surface area contributed by atoms with Crippen molar-refractivity contribution in [2.24, 2.45) is 0 Å². The van der Waals surface area contributed by atoms with Crippen molar-refractivity contribution in [1.82, 2.24) is 4.98 Å². The average Bonchev–Trinajstić information content (AvgIpc) is 3.16. The fourth-order valence-corrected chi connectivity index (χ4v) is 3.70. The van der Waals surface area contributed by atoms with Gasteiger partial charge in [0.1, 0.15) is 11.5 Å². The summed E-state index contributed by atoms with van der Waals surface area (Å²) in [7, 11) is 3.22. The highest BCUT2D eigenvalue weighted by Gasteiger charge is 2.26. The highest BCUT2D eigenvalue weighted by molar-refractivity contribution is 7.14. The standard InChI is InChI=1S/C19H17N3O3S/c1-24-13-7-8-14(17(9-13)25-2)16-11-26-19(21-16)22-10-12-5-3-4-6-15(12)20-18(22)23/h3-9,11H,10H2,1-2H3,(H,20,23). The highest BCUT2D eigenvalue weighted by atomic mass is 32.1. The van der Waals surface area contributed by atoms with Crippen LogP contribution in [0.15, 0.2) is 47.8 Å². The summed E-state index contributed by atoms with van der Waals surface area (Å²) in [5.74, 6) is 1.39. The number of para-hydroxylation sites is 1. The Morgan fingerprint density at radius 3 is 2.81 bits per heavy atom. The lowest BCUT2D eigenvalue weighted by atomic mass is 10.1. The molecular formula is C19H17N3O3S. The molecule has 1 aliphatic heterocycles. The van der Waals surface area contributed by atoms with Gasteiger partial charge in [-0.2, -0.15) is 0 Å². The number of nitrogens with zero attached hydrogens (tertiary/aromatic N) is 2. The van der Waals surface area contributed by atoms with Crippen LogP contribution in [0.1, 0.15) is 5.56 Å². The van der Waals surface area contributed by atoms with Gasteiger partial charge in [-0.3, -0.25) is 4.90 Å². The second-order valence-electron chi connectivity index (χ2n) is 5.75. The lowest BCUT2D eigenvalue weighted by Gasteiger charge is -2.27. The van der Waals surface area contributed by atoms with Crippen molar-refractivity contribution in [2.75, 3.05) is 24.4 Å². The van der Waals surface area contributed by atoms with E-state index in [2.05, 4.69) is 10.3 Å². The maximum absolute atomic E-state index is 12.5. The Balaban J connectivity index is 1.66. The van der Waals surface area contributed by atoms with Crippen LogP contribution in [0.25, 0.3) is 11.3 Å². The number of anilines is 2. The molecular weight excluding hydrogens is 350 g/mol. The van der Waals surface area contributed by atoms with Crippen molar-refractivity contribution in [3.05, 3.63) is 53.4 Å². The number of hydrogen-bond acceptors (Lipinski definition) is 5. The lowest BCUT2D eigenvalue weighted by molar-refractivity contribution is 0.256. The fourth-order valence-electron chi connectivity index (χ4n) is 2.88. The van der Waals surface area contributed by atoms with Crippen LogP contribution < -0.4 is 19.7 Å². The van der Waals surface area contributed by atoms with Gasteiger partial charge in [0.25, 0.3) is 0 Å². The summed E-state index contributed by atoms with van der Waals surface area (Å²) in [4.78, 5) is 18.7. The first-order valence-corrected chi connectivity index (χ1v) is 8.92. The van der Waals surface area contributed by atoms with Crippen molar-refractivity contribution in [2.45, 2.75) is 6.54 Å². The molecule has 1 aliphatic rings. The molecule has 0 saturated heterocycles. The predicted octanol–water partition coefficient (Wildman–Crippen LogP) is 4.38. The van der Waals surface area contributed by atoms with E-state index in [1.54, 1.807) is 19.1 Å². The number of methoxy groups -OCH3 is 2. The molecule has 0 aliphatic carbocycles. The Labute approximate surface area is 155 Å². The predicted molar refractivity (Wildman–Crippen MR) is 102 cm³/mol. The minimum Gasteiger partial charge on any atom is -0.497 e. The summed E-state index contributed by atoms with van der Waals surface area (Å²) in [6.45, 7) is 0.495. The molecule has 0 bridgehead atoms. The SMILES string of the molecule is COc1ccc(-c2csc(N3Cc4ccccc4NC3=O)n2)c(OC)c1. The number of carbonyl (C=O) groups is 1. The monoisotopic (exact) mass is 367 g/mol. The van der Waals surface area contributed by atoms with E-state index in [0.717, 1.165) is 22.5 Å². The summed E-state index contributed by atoms with van der Waals surface area (Å²) in [6, 6.07) is 13.2. The van der Waals surface area contributed by atoms with E-state index in [1.807, 2.05) is 47.8 Å². The molecule has 0 saturated carbocycles. The zero-order valence-electron chi connectivity index (χ0n) is 14.4. The molecule has 7 heteroatoms. The number of benzene rings is 2. The third-order valence-corrected chi connectivity index (χ3v) is 5.10. The van der Waals surface area contributed by atoms with Crippen molar-refractivity contribution in [3.8, 4) is 22.8 Å². The van der Waals surface area contributed by atoms with Gasteiger partial charge in [-0.15, -0.1) is 11.3 Å². The van der Waals surface area contributed by atoms with E-state index in [0.29, 0.717) is 23.2 Å². The number of thiazole rings is 1. The van der Waals surface area contributed by atoms with E-state index in [9.17, 15) is 4.79 Å². The molecule has 2 aromatic carbocycles. The van der Waals surface area contributed by atoms with Crippen LogP contribution >= 0.6 is 11.3 Å². The molecule has 26 heavy (non-hydrogen) atoms. The Morgan fingerprint density at radius 1 is 1.15 bits per heavy atom.